The molecule has 1 aromatic rings. The molecule has 2 N–H and O–H groups in total. The molecule has 0 spiro atoms. The first kappa shape index (κ1) is 18.0. The van der Waals surface area contributed by atoms with Crippen molar-refractivity contribution in [1.82, 2.24) is 10.3 Å². The van der Waals surface area contributed by atoms with Crippen LogP contribution in [0.25, 0.3) is 0 Å². The minimum atomic E-state index is -0.0668. The minimum Gasteiger partial charge on any atom is -0.299 e. The molecule has 0 radical (unpaired) electrons. The normalized spacial score (nSPS) is 12.2. The van der Waals surface area contributed by atoms with Gasteiger partial charge >= 0.3 is 0 Å². The van der Waals surface area contributed by atoms with E-state index < -0.39 is 0 Å². The van der Waals surface area contributed by atoms with Gasteiger partial charge < -0.3 is 0 Å². The topological polar surface area (TPSA) is 44.4 Å². The lowest BCUT2D eigenvalue weighted by Crippen LogP contribution is -2.48. The van der Waals surface area contributed by atoms with Crippen LogP contribution in [0.4, 0.5) is 5.69 Å². The van der Waals surface area contributed by atoms with Crippen molar-refractivity contribution < 1.29 is 4.79 Å². The van der Waals surface area contributed by atoms with Crippen LogP contribution in [-0.2, 0) is 4.79 Å². The van der Waals surface area contributed by atoms with Crippen molar-refractivity contribution in [3.63, 3.8) is 0 Å². The number of unbranched alkanes of at least 4 members (excludes halogenated alkanes) is 1. The van der Waals surface area contributed by atoms with E-state index in [0.29, 0.717) is 0 Å². The molecule has 4 nitrogen and oxygen atoms in total. The number of rotatable bonds is 9. The molecule has 21 heavy (non-hydrogen) atoms. The number of carbonyl (C=O) groups excluding carboxylic acids is 1. The zero-order valence-electron chi connectivity index (χ0n) is 13.2. The molecule has 118 valence electrons. The van der Waals surface area contributed by atoms with E-state index in [1.54, 1.807) is 0 Å². The van der Waals surface area contributed by atoms with Crippen LogP contribution in [0.5, 0.6) is 0 Å². The van der Waals surface area contributed by atoms with Crippen LogP contribution < -0.4 is 10.9 Å². The highest BCUT2D eigenvalue weighted by molar-refractivity contribution is 9.10. The lowest BCUT2D eigenvalue weighted by atomic mass is 10.1. The molecule has 0 aliphatic heterocycles. The maximum Gasteiger partial charge on any atom is 0.255 e. The Morgan fingerprint density at radius 2 is 1.81 bits per heavy atom. The van der Waals surface area contributed by atoms with Gasteiger partial charge in [-0.05, 0) is 43.8 Å². The highest BCUT2D eigenvalue weighted by Crippen LogP contribution is 2.14. The maximum atomic E-state index is 12.4. The Balaban J connectivity index is 2.60. The quantitative estimate of drug-likeness (QED) is 0.662. The van der Waals surface area contributed by atoms with Crippen molar-refractivity contribution in [2.24, 2.45) is 0 Å². The largest absolute Gasteiger partial charge is 0.299 e. The molecule has 0 saturated carbocycles. The zero-order valence-corrected chi connectivity index (χ0v) is 14.7. The third-order valence-electron chi connectivity index (χ3n) is 3.56. The number of hydrazine groups is 1. The summed E-state index contributed by atoms with van der Waals surface area (Å²) in [6, 6.07) is 7.65. The zero-order chi connectivity index (χ0) is 15.7. The number of hydrogen-bond donors (Lipinski definition) is 2. The van der Waals surface area contributed by atoms with Crippen molar-refractivity contribution in [2.45, 2.75) is 46.1 Å². The molecule has 0 fully saturated rings. The molecule has 1 atom stereocenters. The number of amides is 1. The lowest BCUT2D eigenvalue weighted by molar-refractivity contribution is -0.126. The number of likely N-dealkylation sites (N-methyl/N-ethyl adjacent to an activating group) is 1. The highest BCUT2D eigenvalue weighted by atomic mass is 79.9. The van der Waals surface area contributed by atoms with Gasteiger partial charge in [0.05, 0.1) is 11.7 Å². The van der Waals surface area contributed by atoms with Gasteiger partial charge in [-0.25, -0.2) is 0 Å². The van der Waals surface area contributed by atoms with Crippen molar-refractivity contribution in [2.75, 3.05) is 18.5 Å². The molecule has 1 unspecified atom stereocenters. The highest BCUT2D eigenvalue weighted by Gasteiger charge is 2.23. The lowest BCUT2D eigenvalue weighted by Gasteiger charge is -2.28. The van der Waals surface area contributed by atoms with Gasteiger partial charge in [-0.2, -0.15) is 0 Å². The number of nitrogens with one attached hydrogen (secondary N) is 2. The summed E-state index contributed by atoms with van der Waals surface area (Å²) in [4.78, 5) is 14.6. The van der Waals surface area contributed by atoms with Gasteiger partial charge in [-0.3, -0.25) is 20.5 Å². The summed E-state index contributed by atoms with van der Waals surface area (Å²) < 4.78 is 1.02. The van der Waals surface area contributed by atoms with Crippen LogP contribution in [0.3, 0.4) is 0 Å². The standard InChI is InChI=1S/C16H26BrN3O/c1-4-7-8-15(20(5-2)6-3)16(21)19-18-14-11-9-13(17)10-12-14/h9-12,15,18H,4-8H2,1-3H3,(H,19,21). The average molecular weight is 356 g/mol. The number of carbonyl (C=O) groups is 1. The predicted octanol–water partition coefficient (Wildman–Crippen LogP) is 3.79. The van der Waals surface area contributed by atoms with Crippen molar-refractivity contribution >= 4 is 27.5 Å². The summed E-state index contributed by atoms with van der Waals surface area (Å²) in [7, 11) is 0. The van der Waals surface area contributed by atoms with Gasteiger partial charge in [0, 0.05) is 4.47 Å². The van der Waals surface area contributed by atoms with Crippen molar-refractivity contribution in [1.29, 1.82) is 0 Å². The number of nitrogens with zero attached hydrogens (tertiary/aromatic N) is 1. The number of benzene rings is 1. The molecule has 1 aromatic carbocycles. The fourth-order valence-electron chi connectivity index (χ4n) is 2.29. The molecule has 1 amide bonds. The monoisotopic (exact) mass is 355 g/mol. The molecular formula is C16H26BrN3O. The van der Waals surface area contributed by atoms with Gasteiger partial charge in [0.1, 0.15) is 0 Å². The van der Waals surface area contributed by atoms with Crippen molar-refractivity contribution in [3.05, 3.63) is 28.7 Å². The second-order valence-corrected chi connectivity index (χ2v) is 5.92. The summed E-state index contributed by atoms with van der Waals surface area (Å²) in [5.74, 6) is 0.0371. The molecule has 0 bridgehead atoms. The van der Waals surface area contributed by atoms with E-state index in [9.17, 15) is 4.79 Å². The molecule has 0 aromatic heterocycles. The van der Waals surface area contributed by atoms with Crippen LogP contribution in [0, 0.1) is 0 Å². The molecular weight excluding hydrogens is 330 g/mol. The average Bonchev–Trinajstić information content (AvgIpc) is 2.50. The van der Waals surface area contributed by atoms with E-state index >= 15 is 0 Å². The summed E-state index contributed by atoms with van der Waals surface area (Å²) in [5.41, 5.74) is 6.69. The van der Waals surface area contributed by atoms with E-state index in [1.807, 2.05) is 24.3 Å². The van der Waals surface area contributed by atoms with Crippen LogP contribution in [0.1, 0.15) is 40.0 Å². The van der Waals surface area contributed by atoms with Crippen LogP contribution >= 0.6 is 15.9 Å². The van der Waals surface area contributed by atoms with Gasteiger partial charge in [-0.15, -0.1) is 0 Å². The fourth-order valence-corrected chi connectivity index (χ4v) is 2.56. The fraction of sp³-hybridized carbons (Fsp3) is 0.562. The van der Waals surface area contributed by atoms with E-state index in [1.165, 1.54) is 0 Å². The number of hydrogen-bond acceptors (Lipinski definition) is 3. The Bertz CT molecular complexity index is 418. The maximum absolute atomic E-state index is 12.4. The first-order chi connectivity index (χ1) is 10.1. The van der Waals surface area contributed by atoms with E-state index in [4.69, 9.17) is 0 Å². The van der Waals surface area contributed by atoms with Gasteiger partial charge in [-0.1, -0.05) is 49.5 Å². The SMILES string of the molecule is CCCCC(C(=O)NNc1ccc(Br)cc1)N(CC)CC. The molecule has 1 rings (SSSR count). The van der Waals surface area contributed by atoms with Crippen LogP contribution in [0.2, 0.25) is 0 Å². The first-order valence-corrected chi connectivity index (χ1v) is 8.47. The van der Waals surface area contributed by atoms with Gasteiger partial charge in [0.2, 0.25) is 0 Å². The molecule has 0 saturated heterocycles. The van der Waals surface area contributed by atoms with E-state index in [0.717, 1.165) is 42.5 Å². The van der Waals surface area contributed by atoms with Crippen LogP contribution in [0.15, 0.2) is 28.7 Å². The summed E-state index contributed by atoms with van der Waals surface area (Å²) in [5, 5.41) is 0. The van der Waals surface area contributed by atoms with Crippen LogP contribution in [-0.4, -0.2) is 29.9 Å². The predicted molar refractivity (Wildman–Crippen MR) is 92.1 cm³/mol. The summed E-state index contributed by atoms with van der Waals surface area (Å²) in [6.07, 6.45) is 3.06. The minimum absolute atomic E-state index is 0.0371. The van der Waals surface area contributed by atoms with Gasteiger partial charge in [0.25, 0.3) is 5.91 Å². The Morgan fingerprint density at radius 1 is 1.19 bits per heavy atom. The third-order valence-corrected chi connectivity index (χ3v) is 4.09. The van der Waals surface area contributed by atoms with E-state index in [-0.39, 0.29) is 11.9 Å². The molecule has 0 aliphatic carbocycles. The summed E-state index contributed by atoms with van der Waals surface area (Å²) >= 11 is 3.39. The molecule has 5 heteroatoms. The number of halogens is 1. The van der Waals surface area contributed by atoms with E-state index in [2.05, 4.69) is 52.5 Å². The second-order valence-electron chi connectivity index (χ2n) is 5.00. The van der Waals surface area contributed by atoms with Crippen molar-refractivity contribution in [3.8, 4) is 0 Å². The smallest absolute Gasteiger partial charge is 0.255 e. The molecule has 0 heterocycles. The Hall–Kier alpha value is -1.07. The summed E-state index contributed by atoms with van der Waals surface area (Å²) in [6.45, 7) is 8.11. The third kappa shape index (κ3) is 6.06. The Kier molecular flexibility index (Phi) is 8.38. The number of anilines is 1. The Labute approximate surface area is 136 Å². The van der Waals surface area contributed by atoms with Gasteiger partial charge in [0.15, 0.2) is 0 Å². The second kappa shape index (κ2) is 9.79. The molecule has 0 aliphatic rings. The first-order valence-electron chi connectivity index (χ1n) is 7.67. The Morgan fingerprint density at radius 3 is 2.33 bits per heavy atom.